The van der Waals surface area contributed by atoms with Gasteiger partial charge >= 0.3 is 18.0 Å². The fraction of sp³-hybridized carbons (Fsp3) is 0.250. The molecule has 1 rings (SSSR count). The van der Waals surface area contributed by atoms with E-state index in [0.29, 0.717) is 5.69 Å². The number of para-hydroxylation sites is 1. The lowest BCUT2D eigenvalue weighted by Gasteiger charge is -2.05. The number of nitrogens with one attached hydrogen (secondary N) is 2. The van der Waals surface area contributed by atoms with E-state index in [2.05, 4.69) is 20.1 Å². The van der Waals surface area contributed by atoms with E-state index in [-0.39, 0.29) is 13.1 Å². The zero-order chi connectivity index (χ0) is 14.1. The summed E-state index contributed by atoms with van der Waals surface area (Å²) in [7, 11) is 1.23. The molecule has 0 heterocycles. The van der Waals surface area contributed by atoms with Crippen LogP contribution in [-0.2, 0) is 19.1 Å². The van der Waals surface area contributed by atoms with Gasteiger partial charge in [-0.3, -0.25) is 20.2 Å². The van der Waals surface area contributed by atoms with Crippen LogP contribution in [0.5, 0.6) is 0 Å². The van der Waals surface area contributed by atoms with Crippen molar-refractivity contribution < 1.29 is 23.9 Å². The summed E-state index contributed by atoms with van der Waals surface area (Å²) in [6, 6.07) is 8.56. The summed E-state index contributed by atoms with van der Waals surface area (Å²) in [6.45, 7) is -0.400. The van der Waals surface area contributed by atoms with Crippen LogP contribution >= 0.6 is 0 Å². The SMILES string of the molecule is COC(=O)CNCC(=O)OC(=O)Nc1ccccc1. The number of amides is 1. The van der Waals surface area contributed by atoms with Crippen molar-refractivity contribution in [2.24, 2.45) is 0 Å². The molecular weight excluding hydrogens is 252 g/mol. The Hall–Kier alpha value is -2.41. The average molecular weight is 266 g/mol. The van der Waals surface area contributed by atoms with Crippen molar-refractivity contribution >= 4 is 23.7 Å². The van der Waals surface area contributed by atoms with Crippen LogP contribution in [0.3, 0.4) is 0 Å². The van der Waals surface area contributed by atoms with E-state index in [9.17, 15) is 14.4 Å². The monoisotopic (exact) mass is 266 g/mol. The normalized spacial score (nSPS) is 9.53. The minimum Gasteiger partial charge on any atom is -0.468 e. The molecule has 0 aromatic heterocycles. The quantitative estimate of drug-likeness (QED) is 0.596. The molecule has 0 radical (unpaired) electrons. The van der Waals surface area contributed by atoms with Crippen LogP contribution in [0.25, 0.3) is 0 Å². The van der Waals surface area contributed by atoms with Gasteiger partial charge in [0.15, 0.2) is 0 Å². The van der Waals surface area contributed by atoms with Gasteiger partial charge in [0, 0.05) is 5.69 Å². The van der Waals surface area contributed by atoms with Crippen LogP contribution in [0, 0.1) is 0 Å². The Kier molecular flexibility index (Phi) is 6.04. The summed E-state index contributed by atoms with van der Waals surface area (Å²) >= 11 is 0. The van der Waals surface area contributed by atoms with Crippen molar-refractivity contribution in [3.63, 3.8) is 0 Å². The lowest BCUT2D eigenvalue weighted by atomic mass is 10.3. The van der Waals surface area contributed by atoms with E-state index in [0.717, 1.165) is 0 Å². The van der Waals surface area contributed by atoms with E-state index in [4.69, 9.17) is 0 Å². The van der Waals surface area contributed by atoms with Crippen LogP contribution in [0.2, 0.25) is 0 Å². The zero-order valence-corrected chi connectivity index (χ0v) is 10.3. The molecule has 0 fully saturated rings. The molecule has 0 atom stereocenters. The number of carbonyl (C=O) groups is 3. The van der Waals surface area contributed by atoms with Gasteiger partial charge < -0.3 is 9.47 Å². The number of esters is 2. The molecule has 7 heteroatoms. The standard InChI is InChI=1S/C12H14N2O5/c1-18-10(15)7-13-8-11(16)19-12(17)14-9-5-3-2-4-6-9/h2-6,13H,7-8H2,1H3,(H,14,17). The van der Waals surface area contributed by atoms with Gasteiger partial charge in [-0.2, -0.15) is 0 Å². The molecule has 19 heavy (non-hydrogen) atoms. The second-order valence-electron chi connectivity index (χ2n) is 3.43. The van der Waals surface area contributed by atoms with Crippen molar-refractivity contribution in [1.82, 2.24) is 5.32 Å². The number of benzene rings is 1. The molecule has 1 aromatic carbocycles. The number of anilines is 1. The van der Waals surface area contributed by atoms with Crippen LogP contribution < -0.4 is 10.6 Å². The summed E-state index contributed by atoms with van der Waals surface area (Å²) in [5.74, 6) is -1.31. The third-order valence-electron chi connectivity index (χ3n) is 1.99. The fourth-order valence-electron chi connectivity index (χ4n) is 1.14. The molecule has 0 saturated carbocycles. The van der Waals surface area contributed by atoms with Crippen LogP contribution in [0.15, 0.2) is 30.3 Å². The summed E-state index contributed by atoms with van der Waals surface area (Å²) < 4.78 is 8.83. The molecule has 0 aliphatic heterocycles. The number of ether oxygens (including phenoxy) is 2. The molecular formula is C12H14N2O5. The summed E-state index contributed by atoms with van der Waals surface area (Å²) in [6.07, 6.45) is -0.879. The maximum atomic E-state index is 11.3. The highest BCUT2D eigenvalue weighted by atomic mass is 16.6. The van der Waals surface area contributed by atoms with Gasteiger partial charge in [0.05, 0.1) is 20.2 Å². The molecule has 102 valence electrons. The molecule has 2 N–H and O–H groups in total. The smallest absolute Gasteiger partial charge is 0.419 e. The Bertz CT molecular complexity index is 447. The van der Waals surface area contributed by atoms with E-state index < -0.39 is 18.0 Å². The van der Waals surface area contributed by atoms with Crippen molar-refractivity contribution in [2.75, 3.05) is 25.5 Å². The van der Waals surface area contributed by atoms with Crippen LogP contribution in [0.1, 0.15) is 0 Å². The van der Waals surface area contributed by atoms with E-state index in [1.54, 1.807) is 30.3 Å². The number of hydrogen-bond donors (Lipinski definition) is 2. The number of rotatable bonds is 5. The van der Waals surface area contributed by atoms with Crippen molar-refractivity contribution in [3.8, 4) is 0 Å². The van der Waals surface area contributed by atoms with Crippen molar-refractivity contribution in [2.45, 2.75) is 0 Å². The molecule has 0 spiro atoms. The predicted octanol–water partition coefficient (Wildman–Crippen LogP) is 0.524. The average Bonchev–Trinajstić information content (AvgIpc) is 2.39. The second kappa shape index (κ2) is 7.83. The third kappa shape index (κ3) is 6.18. The first-order valence-electron chi connectivity index (χ1n) is 5.46. The minimum atomic E-state index is -0.879. The summed E-state index contributed by atoms with van der Waals surface area (Å²) in [5, 5.41) is 4.86. The van der Waals surface area contributed by atoms with Gasteiger partial charge in [0.2, 0.25) is 0 Å². The molecule has 0 aliphatic carbocycles. The molecule has 7 nitrogen and oxygen atoms in total. The van der Waals surface area contributed by atoms with Crippen molar-refractivity contribution in [1.29, 1.82) is 0 Å². The lowest BCUT2D eigenvalue weighted by molar-refractivity contribution is -0.140. The highest BCUT2D eigenvalue weighted by Gasteiger charge is 2.10. The number of carbonyl (C=O) groups excluding carboxylic acids is 3. The topological polar surface area (TPSA) is 93.7 Å². The van der Waals surface area contributed by atoms with E-state index >= 15 is 0 Å². The maximum Gasteiger partial charge on any atom is 0.419 e. The zero-order valence-electron chi connectivity index (χ0n) is 10.3. The lowest BCUT2D eigenvalue weighted by Crippen LogP contribution is -2.32. The van der Waals surface area contributed by atoms with Gasteiger partial charge in [0.1, 0.15) is 0 Å². The van der Waals surface area contributed by atoms with Gasteiger partial charge in [-0.25, -0.2) is 4.79 Å². The molecule has 1 amide bonds. The van der Waals surface area contributed by atoms with Gasteiger partial charge in [0.25, 0.3) is 0 Å². The molecule has 0 unspecified atom stereocenters. The molecule has 0 saturated heterocycles. The van der Waals surface area contributed by atoms with Gasteiger partial charge in [-0.05, 0) is 12.1 Å². The Balaban J connectivity index is 2.25. The van der Waals surface area contributed by atoms with E-state index in [1.807, 2.05) is 0 Å². The van der Waals surface area contributed by atoms with Gasteiger partial charge in [-0.15, -0.1) is 0 Å². The minimum absolute atomic E-state index is 0.133. The molecule has 0 aliphatic rings. The maximum absolute atomic E-state index is 11.3. The second-order valence-corrected chi connectivity index (χ2v) is 3.43. The Labute approximate surface area is 109 Å². The van der Waals surface area contributed by atoms with E-state index in [1.165, 1.54) is 7.11 Å². The largest absolute Gasteiger partial charge is 0.468 e. The van der Waals surface area contributed by atoms with Crippen LogP contribution in [0.4, 0.5) is 10.5 Å². The Morgan fingerprint density at radius 2 is 1.68 bits per heavy atom. The highest BCUT2D eigenvalue weighted by molar-refractivity contribution is 5.93. The number of hydrogen-bond acceptors (Lipinski definition) is 6. The highest BCUT2D eigenvalue weighted by Crippen LogP contribution is 2.05. The van der Waals surface area contributed by atoms with Crippen LogP contribution in [-0.4, -0.2) is 38.2 Å². The fourth-order valence-corrected chi connectivity index (χ4v) is 1.14. The third-order valence-corrected chi connectivity index (χ3v) is 1.99. The Morgan fingerprint density at radius 3 is 2.32 bits per heavy atom. The predicted molar refractivity (Wildman–Crippen MR) is 66.4 cm³/mol. The first-order chi connectivity index (χ1) is 9.11. The van der Waals surface area contributed by atoms with Crippen molar-refractivity contribution in [3.05, 3.63) is 30.3 Å². The summed E-state index contributed by atoms with van der Waals surface area (Å²) in [4.78, 5) is 33.3. The Morgan fingerprint density at radius 1 is 1.05 bits per heavy atom. The number of methoxy groups -OCH3 is 1. The molecule has 1 aromatic rings. The van der Waals surface area contributed by atoms with Gasteiger partial charge in [-0.1, -0.05) is 18.2 Å². The molecule has 0 bridgehead atoms. The first kappa shape index (κ1) is 14.7. The first-order valence-corrected chi connectivity index (χ1v) is 5.46. The summed E-state index contributed by atoms with van der Waals surface area (Å²) in [5.41, 5.74) is 0.516.